The number of amides is 1. The molecule has 1 unspecified atom stereocenters. The van der Waals surface area contributed by atoms with Crippen LogP contribution in [0, 0.1) is 0 Å². The molecule has 0 aliphatic carbocycles. The Morgan fingerprint density at radius 1 is 1.33 bits per heavy atom. The molecule has 0 aliphatic rings. The number of hydrogen-bond acceptors (Lipinski definition) is 4. The molecule has 4 N–H and O–H groups in total. The third-order valence-corrected chi connectivity index (χ3v) is 4.43. The third-order valence-electron chi connectivity index (χ3n) is 3.09. The first-order valence-corrected chi connectivity index (χ1v) is 8.59. The van der Waals surface area contributed by atoms with Crippen LogP contribution >= 0.6 is 0 Å². The minimum atomic E-state index is -3.50. The van der Waals surface area contributed by atoms with E-state index in [1.165, 1.54) is 0 Å². The molecule has 0 aliphatic heterocycles. The minimum Gasteiger partial charge on any atom is -0.398 e. The predicted molar refractivity (Wildman–Crippen MR) is 84.0 cm³/mol. The Labute approximate surface area is 126 Å². The van der Waals surface area contributed by atoms with E-state index in [1.54, 1.807) is 24.3 Å². The van der Waals surface area contributed by atoms with E-state index in [-0.39, 0.29) is 30.7 Å². The molecule has 0 aromatic heterocycles. The van der Waals surface area contributed by atoms with Crippen LogP contribution in [0.4, 0.5) is 5.69 Å². The summed E-state index contributed by atoms with van der Waals surface area (Å²) in [6, 6.07) is 6.91. The second kappa shape index (κ2) is 7.99. The smallest absolute Gasteiger partial charge is 0.221 e. The number of nitrogens with two attached hydrogens (primary N) is 1. The summed E-state index contributed by atoms with van der Waals surface area (Å²) in [6.07, 6.45) is 0.957. The zero-order chi connectivity index (χ0) is 15.9. The molecular formula is C14H23N3O3S. The number of nitrogen functional groups attached to an aromatic ring is 1. The lowest BCUT2D eigenvalue weighted by atomic mass is 10.2. The third kappa shape index (κ3) is 6.59. The van der Waals surface area contributed by atoms with E-state index < -0.39 is 10.0 Å². The number of nitrogens with one attached hydrogen (secondary N) is 2. The number of carbonyl (C=O) groups excluding carboxylic acids is 1. The molecule has 1 aromatic rings. The lowest BCUT2D eigenvalue weighted by Crippen LogP contribution is -2.35. The van der Waals surface area contributed by atoms with Crippen LogP contribution in [-0.4, -0.2) is 26.9 Å². The monoisotopic (exact) mass is 313 g/mol. The molecule has 21 heavy (non-hydrogen) atoms. The van der Waals surface area contributed by atoms with Crippen LogP contribution in [0.2, 0.25) is 0 Å². The Bertz CT molecular complexity index is 573. The van der Waals surface area contributed by atoms with Gasteiger partial charge in [-0.25, -0.2) is 13.1 Å². The van der Waals surface area contributed by atoms with Crippen molar-refractivity contribution in [2.45, 2.75) is 38.5 Å². The average molecular weight is 313 g/mol. The molecule has 7 heteroatoms. The molecule has 0 saturated carbocycles. The molecule has 118 valence electrons. The highest BCUT2D eigenvalue weighted by Gasteiger charge is 2.14. The zero-order valence-corrected chi connectivity index (χ0v) is 13.2. The van der Waals surface area contributed by atoms with Crippen LogP contribution in [0.15, 0.2) is 24.3 Å². The highest BCUT2D eigenvalue weighted by atomic mass is 32.2. The maximum Gasteiger partial charge on any atom is 0.221 e. The molecule has 0 heterocycles. The van der Waals surface area contributed by atoms with Gasteiger partial charge < -0.3 is 11.1 Å². The minimum absolute atomic E-state index is 0.0807. The topological polar surface area (TPSA) is 101 Å². The molecule has 6 nitrogen and oxygen atoms in total. The van der Waals surface area contributed by atoms with Crippen molar-refractivity contribution in [1.82, 2.24) is 10.0 Å². The van der Waals surface area contributed by atoms with Crippen molar-refractivity contribution < 1.29 is 13.2 Å². The Hall–Kier alpha value is -1.60. The highest BCUT2D eigenvalue weighted by molar-refractivity contribution is 7.88. The predicted octanol–water partition coefficient (Wildman–Crippen LogP) is 0.993. The van der Waals surface area contributed by atoms with Gasteiger partial charge in [0.25, 0.3) is 0 Å². The van der Waals surface area contributed by atoms with Crippen LogP contribution in [0.25, 0.3) is 0 Å². The molecular weight excluding hydrogens is 290 g/mol. The Balaban J connectivity index is 2.44. The summed E-state index contributed by atoms with van der Waals surface area (Å²) in [7, 11) is -3.50. The number of hydrogen-bond donors (Lipinski definition) is 3. The van der Waals surface area contributed by atoms with Crippen molar-refractivity contribution in [3.8, 4) is 0 Å². The van der Waals surface area contributed by atoms with Crippen LogP contribution in [0.3, 0.4) is 0 Å². The van der Waals surface area contributed by atoms with Gasteiger partial charge in [0.05, 0.1) is 5.75 Å². The van der Waals surface area contributed by atoms with E-state index in [2.05, 4.69) is 10.0 Å². The van der Waals surface area contributed by atoms with Gasteiger partial charge in [-0.15, -0.1) is 0 Å². The second-order valence-electron chi connectivity index (χ2n) is 4.98. The van der Waals surface area contributed by atoms with Crippen molar-refractivity contribution in [3.63, 3.8) is 0 Å². The fraction of sp³-hybridized carbons (Fsp3) is 0.500. The number of carbonyl (C=O) groups is 1. The van der Waals surface area contributed by atoms with Gasteiger partial charge in [-0.05, 0) is 25.0 Å². The summed E-state index contributed by atoms with van der Waals surface area (Å²) in [5, 5.41) is 2.78. The lowest BCUT2D eigenvalue weighted by Gasteiger charge is -2.12. The van der Waals surface area contributed by atoms with Gasteiger partial charge in [-0.1, -0.05) is 25.1 Å². The number of rotatable bonds is 8. The Morgan fingerprint density at radius 3 is 2.62 bits per heavy atom. The van der Waals surface area contributed by atoms with Crippen LogP contribution in [0.5, 0.6) is 0 Å². The van der Waals surface area contributed by atoms with E-state index in [0.717, 1.165) is 6.42 Å². The van der Waals surface area contributed by atoms with E-state index in [9.17, 15) is 13.2 Å². The van der Waals surface area contributed by atoms with Gasteiger partial charge >= 0.3 is 0 Å². The molecule has 0 fully saturated rings. The summed E-state index contributed by atoms with van der Waals surface area (Å²) in [5.74, 6) is -0.349. The zero-order valence-electron chi connectivity index (χ0n) is 12.4. The summed E-state index contributed by atoms with van der Waals surface area (Å²) < 4.78 is 26.2. The first-order chi connectivity index (χ1) is 9.84. The molecule has 0 saturated heterocycles. The van der Waals surface area contributed by atoms with Crippen molar-refractivity contribution >= 4 is 21.6 Å². The summed E-state index contributed by atoms with van der Waals surface area (Å²) in [6.45, 7) is 3.95. The summed E-state index contributed by atoms with van der Waals surface area (Å²) in [5.41, 5.74) is 6.71. The van der Waals surface area contributed by atoms with Crippen molar-refractivity contribution in [3.05, 3.63) is 29.8 Å². The van der Waals surface area contributed by atoms with Gasteiger partial charge in [0.2, 0.25) is 15.9 Å². The van der Waals surface area contributed by atoms with Crippen molar-refractivity contribution in [2.75, 3.05) is 12.3 Å². The molecule has 0 radical (unpaired) electrons. The van der Waals surface area contributed by atoms with Gasteiger partial charge in [0.15, 0.2) is 0 Å². The molecule has 0 bridgehead atoms. The van der Waals surface area contributed by atoms with Crippen molar-refractivity contribution in [1.29, 1.82) is 0 Å². The van der Waals surface area contributed by atoms with Gasteiger partial charge in [-0.3, -0.25) is 4.79 Å². The van der Waals surface area contributed by atoms with Crippen LogP contribution in [-0.2, 0) is 20.6 Å². The summed E-state index contributed by atoms with van der Waals surface area (Å²) in [4.78, 5) is 11.5. The van der Waals surface area contributed by atoms with Gasteiger partial charge in [0.1, 0.15) is 0 Å². The fourth-order valence-corrected chi connectivity index (χ4v) is 2.88. The van der Waals surface area contributed by atoms with E-state index in [0.29, 0.717) is 11.3 Å². The molecule has 1 aromatic carbocycles. The number of benzene rings is 1. The fourth-order valence-electron chi connectivity index (χ4n) is 1.69. The number of para-hydroxylation sites is 1. The van der Waals surface area contributed by atoms with Gasteiger partial charge in [-0.2, -0.15) is 0 Å². The largest absolute Gasteiger partial charge is 0.398 e. The van der Waals surface area contributed by atoms with E-state index in [4.69, 9.17) is 5.73 Å². The number of anilines is 1. The average Bonchev–Trinajstić information content (AvgIpc) is 2.40. The SMILES string of the molecule is CCC(C)NC(=O)CCNS(=O)(=O)Cc1ccccc1N. The van der Waals surface area contributed by atoms with Crippen LogP contribution in [0.1, 0.15) is 32.3 Å². The summed E-state index contributed by atoms with van der Waals surface area (Å²) >= 11 is 0. The van der Waals surface area contributed by atoms with E-state index >= 15 is 0 Å². The maximum atomic E-state index is 11.9. The molecule has 1 amide bonds. The molecule has 1 rings (SSSR count). The molecule has 0 spiro atoms. The van der Waals surface area contributed by atoms with Crippen LogP contribution < -0.4 is 15.8 Å². The Kier molecular flexibility index (Phi) is 6.64. The van der Waals surface area contributed by atoms with E-state index in [1.807, 2.05) is 13.8 Å². The van der Waals surface area contributed by atoms with Crippen molar-refractivity contribution in [2.24, 2.45) is 0 Å². The normalized spacial score (nSPS) is 12.9. The maximum absolute atomic E-state index is 11.9. The first kappa shape index (κ1) is 17.5. The highest BCUT2D eigenvalue weighted by Crippen LogP contribution is 2.13. The Morgan fingerprint density at radius 2 is 2.00 bits per heavy atom. The quantitative estimate of drug-likeness (QED) is 0.623. The number of sulfonamides is 1. The standard InChI is InChI=1S/C14H23N3O3S/c1-3-11(2)17-14(18)8-9-16-21(19,20)10-12-6-4-5-7-13(12)15/h4-7,11,16H,3,8-10,15H2,1-2H3,(H,17,18). The first-order valence-electron chi connectivity index (χ1n) is 6.94. The second-order valence-corrected chi connectivity index (χ2v) is 6.79. The van der Waals surface area contributed by atoms with Gasteiger partial charge in [0, 0.05) is 24.7 Å². The lowest BCUT2D eigenvalue weighted by molar-refractivity contribution is -0.121. The molecule has 1 atom stereocenters.